The van der Waals surface area contributed by atoms with E-state index in [-0.39, 0.29) is 11.9 Å². The van der Waals surface area contributed by atoms with Gasteiger partial charge in [-0.1, -0.05) is 17.7 Å². The third kappa shape index (κ3) is 3.44. The van der Waals surface area contributed by atoms with E-state index in [0.717, 1.165) is 38.0 Å². The summed E-state index contributed by atoms with van der Waals surface area (Å²) in [6.45, 7) is 4.46. The molecule has 0 aliphatic carbocycles. The van der Waals surface area contributed by atoms with Crippen molar-refractivity contribution in [2.75, 3.05) is 13.1 Å². The maximum atomic E-state index is 13.0. The van der Waals surface area contributed by atoms with Crippen molar-refractivity contribution in [1.29, 1.82) is 0 Å². The van der Waals surface area contributed by atoms with Crippen molar-refractivity contribution >= 4 is 11.6 Å². The van der Waals surface area contributed by atoms with Gasteiger partial charge < -0.3 is 5.11 Å². The van der Waals surface area contributed by atoms with Gasteiger partial charge in [-0.05, 0) is 49.9 Å². The Morgan fingerprint density at radius 2 is 2.33 bits per heavy atom. The molecular weight excluding hydrogens is 253 g/mol. The van der Waals surface area contributed by atoms with Crippen LogP contribution in [0.1, 0.15) is 25.3 Å². The molecule has 2 nitrogen and oxygen atoms in total. The minimum absolute atomic E-state index is 0.267. The quantitative estimate of drug-likeness (QED) is 0.913. The first kappa shape index (κ1) is 13.8. The zero-order valence-corrected chi connectivity index (χ0v) is 11.3. The largest absolute Gasteiger partial charge is 0.393 e. The molecule has 2 rings (SSSR count). The Labute approximate surface area is 112 Å². The second-order valence-corrected chi connectivity index (χ2v) is 5.52. The third-order valence-electron chi connectivity index (χ3n) is 3.63. The van der Waals surface area contributed by atoms with E-state index in [0.29, 0.717) is 10.9 Å². The maximum absolute atomic E-state index is 13.0. The molecule has 0 saturated carbocycles. The van der Waals surface area contributed by atoms with Gasteiger partial charge in [0.25, 0.3) is 0 Å². The fourth-order valence-electron chi connectivity index (χ4n) is 2.52. The van der Waals surface area contributed by atoms with Gasteiger partial charge in [0, 0.05) is 18.1 Å². The van der Waals surface area contributed by atoms with Gasteiger partial charge in [0.05, 0.1) is 6.10 Å². The van der Waals surface area contributed by atoms with Crippen molar-refractivity contribution in [2.24, 2.45) is 5.92 Å². The standard InChI is InChI=1S/C14H19ClFNO/c1-10(18)11-3-2-6-17(8-11)9-12-4-5-13(16)7-14(12)15/h4-5,7,10-11,18H,2-3,6,8-9H2,1H3. The number of aliphatic hydroxyl groups excluding tert-OH is 1. The average molecular weight is 272 g/mol. The van der Waals surface area contributed by atoms with Crippen LogP contribution in [-0.4, -0.2) is 29.2 Å². The fourth-order valence-corrected chi connectivity index (χ4v) is 2.75. The molecule has 2 atom stereocenters. The van der Waals surface area contributed by atoms with Crippen LogP contribution < -0.4 is 0 Å². The second-order valence-electron chi connectivity index (χ2n) is 5.11. The number of nitrogens with zero attached hydrogens (tertiary/aromatic N) is 1. The van der Waals surface area contributed by atoms with Gasteiger partial charge in [-0.25, -0.2) is 4.39 Å². The van der Waals surface area contributed by atoms with Crippen molar-refractivity contribution in [2.45, 2.75) is 32.4 Å². The van der Waals surface area contributed by atoms with Crippen LogP contribution in [0.3, 0.4) is 0 Å². The number of benzene rings is 1. The summed E-state index contributed by atoms with van der Waals surface area (Å²) in [5, 5.41) is 10.1. The summed E-state index contributed by atoms with van der Waals surface area (Å²) in [6.07, 6.45) is 1.90. The van der Waals surface area contributed by atoms with Crippen LogP contribution in [0.2, 0.25) is 5.02 Å². The Morgan fingerprint density at radius 1 is 1.56 bits per heavy atom. The molecule has 100 valence electrons. The molecular formula is C14H19ClFNO. The highest BCUT2D eigenvalue weighted by molar-refractivity contribution is 6.31. The number of rotatable bonds is 3. The Hall–Kier alpha value is -0.640. The first-order valence-electron chi connectivity index (χ1n) is 6.40. The molecule has 1 N–H and O–H groups in total. The Kier molecular flexibility index (Phi) is 4.60. The van der Waals surface area contributed by atoms with Gasteiger partial charge in [0.2, 0.25) is 0 Å². The molecule has 2 unspecified atom stereocenters. The minimum atomic E-state index is -0.302. The predicted octanol–water partition coefficient (Wildman–Crippen LogP) is 3.07. The SMILES string of the molecule is CC(O)C1CCCN(Cc2ccc(F)cc2Cl)C1. The molecule has 0 bridgehead atoms. The summed E-state index contributed by atoms with van der Waals surface area (Å²) in [5.74, 6) is 0.0298. The van der Waals surface area contributed by atoms with Gasteiger partial charge in [-0.15, -0.1) is 0 Å². The number of hydrogen-bond donors (Lipinski definition) is 1. The first-order valence-corrected chi connectivity index (χ1v) is 6.78. The van der Waals surface area contributed by atoms with Gasteiger partial charge >= 0.3 is 0 Å². The zero-order chi connectivity index (χ0) is 13.1. The van der Waals surface area contributed by atoms with Gasteiger partial charge in [-0.3, -0.25) is 4.90 Å². The summed E-state index contributed by atoms with van der Waals surface area (Å²) in [5.41, 5.74) is 0.948. The molecule has 18 heavy (non-hydrogen) atoms. The van der Waals surface area contributed by atoms with Crippen molar-refractivity contribution in [1.82, 2.24) is 4.90 Å². The second kappa shape index (κ2) is 6.00. The molecule has 1 heterocycles. The number of halogens is 2. The van der Waals surface area contributed by atoms with E-state index in [1.807, 2.05) is 6.92 Å². The van der Waals surface area contributed by atoms with E-state index in [9.17, 15) is 9.50 Å². The lowest BCUT2D eigenvalue weighted by Gasteiger charge is -2.34. The third-order valence-corrected chi connectivity index (χ3v) is 3.99. The Bertz CT molecular complexity index is 411. The molecule has 1 aromatic rings. The van der Waals surface area contributed by atoms with Gasteiger partial charge in [0.1, 0.15) is 5.82 Å². The lowest BCUT2D eigenvalue weighted by atomic mass is 9.93. The van der Waals surface area contributed by atoms with Crippen LogP contribution in [0.5, 0.6) is 0 Å². The summed E-state index contributed by atoms with van der Waals surface area (Å²) >= 11 is 6.03. The highest BCUT2D eigenvalue weighted by Crippen LogP contribution is 2.24. The lowest BCUT2D eigenvalue weighted by molar-refractivity contribution is 0.0599. The van der Waals surface area contributed by atoms with Crippen LogP contribution in [0.25, 0.3) is 0 Å². The molecule has 0 spiro atoms. The number of piperidine rings is 1. The number of hydrogen-bond acceptors (Lipinski definition) is 2. The number of aliphatic hydroxyl groups is 1. The van der Waals surface area contributed by atoms with Crippen LogP contribution in [0.4, 0.5) is 4.39 Å². The summed E-state index contributed by atoms with van der Waals surface area (Å²) in [4.78, 5) is 2.28. The van der Waals surface area contributed by atoms with E-state index in [2.05, 4.69) is 4.90 Å². The average Bonchev–Trinajstić information content (AvgIpc) is 2.33. The highest BCUT2D eigenvalue weighted by atomic mass is 35.5. The topological polar surface area (TPSA) is 23.5 Å². The predicted molar refractivity (Wildman–Crippen MR) is 71.1 cm³/mol. The summed E-state index contributed by atoms with van der Waals surface area (Å²) in [7, 11) is 0. The van der Waals surface area contributed by atoms with E-state index in [1.54, 1.807) is 6.07 Å². The molecule has 1 fully saturated rings. The van der Waals surface area contributed by atoms with E-state index < -0.39 is 0 Å². The molecule has 1 aliphatic rings. The highest BCUT2D eigenvalue weighted by Gasteiger charge is 2.23. The van der Waals surface area contributed by atoms with E-state index in [4.69, 9.17) is 11.6 Å². The molecule has 0 aromatic heterocycles. The van der Waals surface area contributed by atoms with Gasteiger partial charge in [0.15, 0.2) is 0 Å². The van der Waals surface area contributed by atoms with E-state index in [1.165, 1.54) is 12.1 Å². The molecule has 4 heteroatoms. The lowest BCUT2D eigenvalue weighted by Crippen LogP contribution is -2.39. The molecule has 1 aromatic carbocycles. The van der Waals surface area contributed by atoms with Crippen molar-refractivity contribution in [3.63, 3.8) is 0 Å². The summed E-state index contributed by atoms with van der Waals surface area (Å²) in [6, 6.07) is 4.54. The van der Waals surface area contributed by atoms with E-state index >= 15 is 0 Å². The molecule has 1 saturated heterocycles. The number of likely N-dealkylation sites (tertiary alicyclic amines) is 1. The molecule has 0 radical (unpaired) electrons. The van der Waals surface area contributed by atoms with Crippen LogP contribution in [-0.2, 0) is 6.54 Å². The monoisotopic (exact) mass is 271 g/mol. The maximum Gasteiger partial charge on any atom is 0.124 e. The van der Waals surface area contributed by atoms with Crippen LogP contribution >= 0.6 is 11.6 Å². The van der Waals surface area contributed by atoms with Crippen LogP contribution in [0, 0.1) is 11.7 Å². The van der Waals surface area contributed by atoms with Gasteiger partial charge in [-0.2, -0.15) is 0 Å². The van der Waals surface area contributed by atoms with Crippen molar-refractivity contribution < 1.29 is 9.50 Å². The van der Waals surface area contributed by atoms with Crippen LogP contribution in [0.15, 0.2) is 18.2 Å². The molecule has 1 aliphatic heterocycles. The first-order chi connectivity index (χ1) is 8.56. The zero-order valence-electron chi connectivity index (χ0n) is 10.6. The smallest absolute Gasteiger partial charge is 0.124 e. The van der Waals surface area contributed by atoms with Crippen molar-refractivity contribution in [3.05, 3.63) is 34.6 Å². The fraction of sp³-hybridized carbons (Fsp3) is 0.571. The minimum Gasteiger partial charge on any atom is -0.393 e. The Morgan fingerprint density at radius 3 is 3.00 bits per heavy atom. The van der Waals surface area contributed by atoms with Crippen molar-refractivity contribution in [3.8, 4) is 0 Å². The normalized spacial score (nSPS) is 23.0. The summed E-state index contributed by atoms with van der Waals surface area (Å²) < 4.78 is 13.0. The Balaban J connectivity index is 2.00. The molecule has 0 amide bonds.